The molecule has 1 unspecified atom stereocenters. The van der Waals surface area contributed by atoms with Gasteiger partial charge in [-0.15, -0.1) is 0 Å². The lowest BCUT2D eigenvalue weighted by Gasteiger charge is -2.28. The molecule has 11 heavy (non-hydrogen) atoms. The molecule has 1 rings (SSSR count). The van der Waals surface area contributed by atoms with E-state index in [4.69, 9.17) is 4.74 Å². The van der Waals surface area contributed by atoms with Crippen LogP contribution in [0.15, 0.2) is 12.8 Å². The van der Waals surface area contributed by atoms with Gasteiger partial charge in [-0.25, -0.2) is 0 Å². The highest BCUT2D eigenvalue weighted by molar-refractivity contribution is 4.70. The molecule has 0 radical (unpaired) electrons. The summed E-state index contributed by atoms with van der Waals surface area (Å²) in [5.74, 6) is 0.715. The van der Waals surface area contributed by atoms with Crippen molar-refractivity contribution in [1.29, 1.82) is 0 Å². The van der Waals surface area contributed by atoms with Crippen molar-refractivity contribution in [2.75, 3.05) is 26.7 Å². The van der Waals surface area contributed by atoms with Gasteiger partial charge in [0.1, 0.15) is 0 Å². The topological polar surface area (TPSA) is 12.5 Å². The second-order valence-electron chi connectivity index (χ2n) is 3.27. The highest BCUT2D eigenvalue weighted by atomic mass is 16.5. The summed E-state index contributed by atoms with van der Waals surface area (Å²) in [6, 6.07) is 0. The van der Waals surface area contributed by atoms with E-state index >= 15 is 0 Å². The molecule has 0 aliphatic carbocycles. The Morgan fingerprint density at radius 1 is 1.73 bits per heavy atom. The van der Waals surface area contributed by atoms with Gasteiger partial charge in [0.15, 0.2) is 0 Å². The lowest BCUT2D eigenvalue weighted by molar-refractivity contribution is 0.125. The number of rotatable bonds is 3. The standard InChI is InChI=1S/C9H17NO/c1-3-11-8-9-5-4-6-10(2)7-9/h3,9H,1,4-8H2,2H3. The Hall–Kier alpha value is -0.500. The Morgan fingerprint density at radius 3 is 3.18 bits per heavy atom. The van der Waals surface area contributed by atoms with Crippen LogP contribution in [0.4, 0.5) is 0 Å². The number of piperidine rings is 1. The van der Waals surface area contributed by atoms with Gasteiger partial charge < -0.3 is 9.64 Å². The number of likely N-dealkylation sites (tertiary alicyclic amines) is 1. The lowest BCUT2D eigenvalue weighted by atomic mass is 10.00. The third-order valence-electron chi connectivity index (χ3n) is 2.17. The molecule has 1 heterocycles. The van der Waals surface area contributed by atoms with Crippen LogP contribution in [0.3, 0.4) is 0 Å². The third kappa shape index (κ3) is 2.93. The third-order valence-corrected chi connectivity index (χ3v) is 2.17. The molecule has 2 heteroatoms. The summed E-state index contributed by atoms with van der Waals surface area (Å²) in [5, 5.41) is 0. The van der Waals surface area contributed by atoms with Crippen molar-refractivity contribution >= 4 is 0 Å². The van der Waals surface area contributed by atoms with Crippen molar-refractivity contribution in [2.45, 2.75) is 12.8 Å². The highest BCUT2D eigenvalue weighted by Crippen LogP contribution is 2.14. The van der Waals surface area contributed by atoms with Crippen molar-refractivity contribution in [1.82, 2.24) is 4.90 Å². The Balaban J connectivity index is 2.17. The van der Waals surface area contributed by atoms with Gasteiger partial charge in [-0.05, 0) is 26.4 Å². The lowest BCUT2D eigenvalue weighted by Crippen LogP contribution is -2.33. The van der Waals surface area contributed by atoms with Gasteiger partial charge in [-0.2, -0.15) is 0 Å². The van der Waals surface area contributed by atoms with Gasteiger partial charge >= 0.3 is 0 Å². The molecule has 0 aromatic carbocycles. The maximum atomic E-state index is 5.16. The van der Waals surface area contributed by atoms with E-state index in [0.717, 1.165) is 6.61 Å². The van der Waals surface area contributed by atoms with Crippen LogP contribution in [0, 0.1) is 5.92 Å². The van der Waals surface area contributed by atoms with Crippen LogP contribution in [-0.2, 0) is 4.74 Å². The summed E-state index contributed by atoms with van der Waals surface area (Å²) in [7, 11) is 2.17. The molecule has 0 saturated carbocycles. The SMILES string of the molecule is C=COCC1CCCN(C)C1. The van der Waals surface area contributed by atoms with Crippen molar-refractivity contribution in [3.63, 3.8) is 0 Å². The zero-order valence-electron chi connectivity index (χ0n) is 7.25. The zero-order valence-corrected chi connectivity index (χ0v) is 7.25. The summed E-state index contributed by atoms with van der Waals surface area (Å²) in [6.45, 7) is 6.78. The minimum absolute atomic E-state index is 0.715. The molecule has 0 amide bonds. The first-order chi connectivity index (χ1) is 5.33. The molecular formula is C9H17NO. The van der Waals surface area contributed by atoms with E-state index in [-0.39, 0.29) is 0 Å². The summed E-state index contributed by atoms with van der Waals surface area (Å²) in [6.07, 6.45) is 4.15. The van der Waals surface area contributed by atoms with Crippen LogP contribution in [0.1, 0.15) is 12.8 Å². The van der Waals surface area contributed by atoms with E-state index in [0.29, 0.717) is 5.92 Å². The molecular weight excluding hydrogens is 138 g/mol. The minimum atomic E-state index is 0.715. The fourth-order valence-electron chi connectivity index (χ4n) is 1.61. The predicted molar refractivity (Wildman–Crippen MR) is 46.4 cm³/mol. The summed E-state index contributed by atoms with van der Waals surface area (Å²) < 4.78 is 5.16. The monoisotopic (exact) mass is 155 g/mol. The van der Waals surface area contributed by atoms with E-state index in [1.54, 1.807) is 0 Å². The number of ether oxygens (including phenoxy) is 1. The second-order valence-corrected chi connectivity index (χ2v) is 3.27. The maximum Gasteiger partial charge on any atom is 0.0913 e. The second kappa shape index (κ2) is 4.39. The number of nitrogens with zero attached hydrogens (tertiary/aromatic N) is 1. The van der Waals surface area contributed by atoms with Crippen LogP contribution >= 0.6 is 0 Å². The van der Waals surface area contributed by atoms with Gasteiger partial charge in [0.25, 0.3) is 0 Å². The van der Waals surface area contributed by atoms with Crippen LogP contribution in [0.5, 0.6) is 0 Å². The Bertz CT molecular complexity index is 125. The van der Waals surface area contributed by atoms with Crippen molar-refractivity contribution in [3.8, 4) is 0 Å². The van der Waals surface area contributed by atoms with Gasteiger partial charge in [-0.3, -0.25) is 0 Å². The first-order valence-corrected chi connectivity index (χ1v) is 4.24. The minimum Gasteiger partial charge on any atom is -0.501 e. The highest BCUT2D eigenvalue weighted by Gasteiger charge is 2.16. The van der Waals surface area contributed by atoms with Crippen molar-refractivity contribution in [2.24, 2.45) is 5.92 Å². The van der Waals surface area contributed by atoms with Gasteiger partial charge in [0.05, 0.1) is 12.9 Å². The first-order valence-electron chi connectivity index (χ1n) is 4.24. The first kappa shape index (κ1) is 8.60. The summed E-state index contributed by atoms with van der Waals surface area (Å²) in [5.41, 5.74) is 0. The molecule has 1 fully saturated rings. The number of hydrogen-bond donors (Lipinski definition) is 0. The van der Waals surface area contributed by atoms with E-state index in [1.165, 1.54) is 32.2 Å². The average molecular weight is 155 g/mol. The normalized spacial score (nSPS) is 26.5. The van der Waals surface area contributed by atoms with Crippen molar-refractivity contribution < 1.29 is 4.74 Å². The largest absolute Gasteiger partial charge is 0.501 e. The quantitative estimate of drug-likeness (QED) is 0.572. The van der Waals surface area contributed by atoms with E-state index in [2.05, 4.69) is 18.5 Å². The molecule has 0 N–H and O–H groups in total. The molecule has 1 atom stereocenters. The smallest absolute Gasteiger partial charge is 0.0913 e. The zero-order chi connectivity index (χ0) is 8.10. The predicted octanol–water partition coefficient (Wildman–Crippen LogP) is 1.49. The molecule has 1 aliphatic rings. The van der Waals surface area contributed by atoms with Crippen LogP contribution in [-0.4, -0.2) is 31.6 Å². The van der Waals surface area contributed by atoms with Crippen LogP contribution in [0.25, 0.3) is 0 Å². The van der Waals surface area contributed by atoms with Crippen molar-refractivity contribution in [3.05, 3.63) is 12.8 Å². The van der Waals surface area contributed by atoms with E-state index in [1.807, 2.05) is 0 Å². The molecule has 0 aromatic heterocycles. The molecule has 0 bridgehead atoms. The molecule has 1 aliphatic heterocycles. The van der Waals surface area contributed by atoms with E-state index in [9.17, 15) is 0 Å². The van der Waals surface area contributed by atoms with Gasteiger partial charge in [0, 0.05) is 12.5 Å². The maximum absolute atomic E-state index is 5.16. The fourth-order valence-corrected chi connectivity index (χ4v) is 1.61. The number of hydrogen-bond acceptors (Lipinski definition) is 2. The van der Waals surface area contributed by atoms with E-state index < -0.39 is 0 Å². The van der Waals surface area contributed by atoms with Crippen LogP contribution < -0.4 is 0 Å². The molecule has 0 spiro atoms. The summed E-state index contributed by atoms with van der Waals surface area (Å²) >= 11 is 0. The molecule has 2 nitrogen and oxygen atoms in total. The molecule has 0 aromatic rings. The fraction of sp³-hybridized carbons (Fsp3) is 0.778. The Kier molecular flexibility index (Phi) is 3.43. The average Bonchev–Trinajstić information content (AvgIpc) is 2.01. The van der Waals surface area contributed by atoms with Crippen LogP contribution in [0.2, 0.25) is 0 Å². The van der Waals surface area contributed by atoms with Gasteiger partial charge in [-0.1, -0.05) is 6.58 Å². The Labute approximate surface area is 68.8 Å². The summed E-state index contributed by atoms with van der Waals surface area (Å²) in [4.78, 5) is 2.36. The van der Waals surface area contributed by atoms with Gasteiger partial charge in [0.2, 0.25) is 0 Å². The Morgan fingerprint density at radius 2 is 2.55 bits per heavy atom. The molecule has 64 valence electrons. The molecule has 1 saturated heterocycles.